The van der Waals surface area contributed by atoms with E-state index in [4.69, 9.17) is 9.47 Å². The minimum Gasteiger partial charge on any atom is -0.444 e. The molecule has 1 atom stereocenters. The molecule has 4 nitrogen and oxygen atoms in total. The Hall–Kier alpha value is -1.14. The average molecular weight is 374 g/mol. The fourth-order valence-electron chi connectivity index (χ4n) is 2.22. The van der Waals surface area contributed by atoms with E-state index in [1.165, 1.54) is 0 Å². The number of benzene rings is 1. The molecule has 6 heteroatoms. The van der Waals surface area contributed by atoms with Crippen LogP contribution < -0.4 is 0 Å². The molecule has 22 heavy (non-hydrogen) atoms. The Morgan fingerprint density at radius 3 is 2.86 bits per heavy atom. The number of hydrogen-bond acceptors (Lipinski definition) is 3. The van der Waals surface area contributed by atoms with Gasteiger partial charge in [0.1, 0.15) is 11.4 Å². The number of likely N-dealkylation sites (tertiary alicyclic amines) is 1. The number of halogens is 2. The third-order valence-electron chi connectivity index (χ3n) is 3.30. The molecule has 1 fully saturated rings. The van der Waals surface area contributed by atoms with Gasteiger partial charge in [-0.1, -0.05) is 12.1 Å². The van der Waals surface area contributed by atoms with Gasteiger partial charge in [0.25, 0.3) is 0 Å². The molecule has 0 radical (unpaired) electrons. The van der Waals surface area contributed by atoms with Crippen LogP contribution in [0.2, 0.25) is 0 Å². The van der Waals surface area contributed by atoms with Gasteiger partial charge in [-0.25, -0.2) is 9.18 Å². The second-order valence-corrected chi connectivity index (χ2v) is 7.22. The van der Waals surface area contributed by atoms with Crippen LogP contribution in [0.4, 0.5) is 9.18 Å². The summed E-state index contributed by atoms with van der Waals surface area (Å²) >= 11 is 3.16. The van der Waals surface area contributed by atoms with Gasteiger partial charge in [0.2, 0.25) is 0 Å². The first kappa shape index (κ1) is 17.2. The average Bonchev–Trinajstić information content (AvgIpc) is 2.87. The van der Waals surface area contributed by atoms with Gasteiger partial charge in [-0.15, -0.1) is 0 Å². The monoisotopic (exact) mass is 373 g/mol. The molecule has 0 saturated carbocycles. The lowest BCUT2D eigenvalue weighted by Crippen LogP contribution is -2.36. The van der Waals surface area contributed by atoms with E-state index >= 15 is 0 Å². The molecule has 1 aromatic rings. The molecular formula is C16H21BrFNO3. The largest absolute Gasteiger partial charge is 0.444 e. The van der Waals surface area contributed by atoms with E-state index in [-0.39, 0.29) is 24.6 Å². The molecule has 1 aliphatic rings. The highest BCUT2D eigenvalue weighted by molar-refractivity contribution is 9.10. The Balaban J connectivity index is 1.84. The molecule has 1 unspecified atom stereocenters. The van der Waals surface area contributed by atoms with Crippen LogP contribution >= 0.6 is 15.9 Å². The first-order valence-electron chi connectivity index (χ1n) is 7.28. The number of carbonyl (C=O) groups excluding carboxylic acids is 1. The van der Waals surface area contributed by atoms with Crippen LogP contribution in [-0.2, 0) is 16.1 Å². The van der Waals surface area contributed by atoms with Crippen molar-refractivity contribution in [2.45, 2.75) is 45.5 Å². The summed E-state index contributed by atoms with van der Waals surface area (Å²) in [6.07, 6.45) is 0.313. The molecule has 2 rings (SSSR count). The number of carbonyl (C=O) groups is 1. The molecule has 0 bridgehead atoms. The first-order chi connectivity index (χ1) is 10.3. The Morgan fingerprint density at radius 2 is 2.18 bits per heavy atom. The van der Waals surface area contributed by atoms with E-state index in [9.17, 15) is 9.18 Å². The normalized spacial score (nSPS) is 18.6. The van der Waals surface area contributed by atoms with Crippen molar-refractivity contribution in [2.24, 2.45) is 0 Å². The maximum atomic E-state index is 13.9. The van der Waals surface area contributed by atoms with Crippen LogP contribution in [0, 0.1) is 5.82 Å². The Labute approximate surface area is 138 Å². The van der Waals surface area contributed by atoms with Crippen molar-refractivity contribution in [3.63, 3.8) is 0 Å². The fourth-order valence-corrected chi connectivity index (χ4v) is 2.63. The maximum absolute atomic E-state index is 13.9. The van der Waals surface area contributed by atoms with E-state index in [1.807, 2.05) is 20.8 Å². The molecule has 1 saturated heterocycles. The zero-order chi connectivity index (χ0) is 16.3. The lowest BCUT2D eigenvalue weighted by Gasteiger charge is -2.24. The standard InChI is InChI=1S/C16H21BrFNO3/c1-16(2,3)22-15(20)19-8-7-12(9-19)21-10-11-5-4-6-13(17)14(11)18/h4-6,12H,7-10H2,1-3H3. The van der Waals surface area contributed by atoms with Crippen LogP contribution in [0.5, 0.6) is 0 Å². The molecule has 1 aliphatic heterocycles. The molecule has 1 aromatic carbocycles. The molecule has 0 aliphatic carbocycles. The van der Waals surface area contributed by atoms with Crippen molar-refractivity contribution in [1.29, 1.82) is 0 Å². The summed E-state index contributed by atoms with van der Waals surface area (Å²) in [6.45, 7) is 6.78. The highest BCUT2D eigenvalue weighted by Crippen LogP contribution is 2.22. The summed E-state index contributed by atoms with van der Waals surface area (Å²) < 4.78 is 25.3. The van der Waals surface area contributed by atoms with Gasteiger partial charge in [0.15, 0.2) is 0 Å². The number of ether oxygens (including phenoxy) is 2. The molecule has 1 amide bonds. The van der Waals surface area contributed by atoms with E-state index in [0.29, 0.717) is 23.1 Å². The Kier molecular flexibility index (Phi) is 5.45. The summed E-state index contributed by atoms with van der Waals surface area (Å²) in [5, 5.41) is 0. The van der Waals surface area contributed by atoms with E-state index in [0.717, 1.165) is 6.42 Å². The van der Waals surface area contributed by atoms with Crippen LogP contribution in [0.1, 0.15) is 32.8 Å². The zero-order valence-corrected chi connectivity index (χ0v) is 14.7. The van der Waals surface area contributed by atoms with Gasteiger partial charge in [-0.3, -0.25) is 0 Å². The number of rotatable bonds is 3. The number of nitrogens with zero attached hydrogens (tertiary/aromatic N) is 1. The molecule has 0 aromatic heterocycles. The summed E-state index contributed by atoms with van der Waals surface area (Å²) in [5.41, 5.74) is 0.000223. The molecule has 122 valence electrons. The van der Waals surface area contributed by atoms with Gasteiger partial charge in [-0.05, 0) is 49.2 Å². The Morgan fingerprint density at radius 1 is 1.45 bits per heavy atom. The molecule has 0 N–H and O–H groups in total. The predicted octanol–water partition coefficient (Wildman–Crippen LogP) is 4.11. The van der Waals surface area contributed by atoms with Gasteiger partial charge < -0.3 is 14.4 Å². The van der Waals surface area contributed by atoms with Gasteiger partial charge in [-0.2, -0.15) is 0 Å². The van der Waals surface area contributed by atoms with Crippen molar-refractivity contribution < 1.29 is 18.7 Å². The second kappa shape index (κ2) is 6.96. The lowest BCUT2D eigenvalue weighted by atomic mass is 10.2. The quantitative estimate of drug-likeness (QED) is 0.799. The van der Waals surface area contributed by atoms with Crippen molar-refractivity contribution in [1.82, 2.24) is 4.90 Å². The predicted molar refractivity (Wildman–Crippen MR) is 85.1 cm³/mol. The minimum absolute atomic E-state index is 0.0918. The number of amides is 1. The van der Waals surface area contributed by atoms with E-state index in [1.54, 1.807) is 23.1 Å². The van der Waals surface area contributed by atoms with Gasteiger partial charge >= 0.3 is 6.09 Å². The maximum Gasteiger partial charge on any atom is 0.410 e. The van der Waals surface area contributed by atoms with Crippen LogP contribution in [-0.4, -0.2) is 35.8 Å². The molecular weight excluding hydrogens is 353 g/mol. The topological polar surface area (TPSA) is 38.8 Å². The van der Waals surface area contributed by atoms with Crippen molar-refractivity contribution >= 4 is 22.0 Å². The molecule has 1 heterocycles. The smallest absolute Gasteiger partial charge is 0.410 e. The lowest BCUT2D eigenvalue weighted by molar-refractivity contribution is 0.0180. The third kappa shape index (κ3) is 4.68. The summed E-state index contributed by atoms with van der Waals surface area (Å²) in [7, 11) is 0. The zero-order valence-electron chi connectivity index (χ0n) is 13.1. The van der Waals surface area contributed by atoms with Crippen molar-refractivity contribution in [2.75, 3.05) is 13.1 Å². The minimum atomic E-state index is -0.504. The van der Waals surface area contributed by atoms with Crippen LogP contribution in [0.25, 0.3) is 0 Å². The van der Waals surface area contributed by atoms with Crippen LogP contribution in [0.3, 0.4) is 0 Å². The van der Waals surface area contributed by atoms with Crippen LogP contribution in [0.15, 0.2) is 22.7 Å². The second-order valence-electron chi connectivity index (χ2n) is 6.36. The fraction of sp³-hybridized carbons (Fsp3) is 0.562. The first-order valence-corrected chi connectivity index (χ1v) is 8.08. The highest BCUT2D eigenvalue weighted by atomic mass is 79.9. The van der Waals surface area contributed by atoms with Crippen molar-refractivity contribution in [3.8, 4) is 0 Å². The van der Waals surface area contributed by atoms with E-state index < -0.39 is 5.60 Å². The van der Waals surface area contributed by atoms with E-state index in [2.05, 4.69) is 15.9 Å². The van der Waals surface area contributed by atoms with Gasteiger partial charge in [0, 0.05) is 12.1 Å². The summed E-state index contributed by atoms with van der Waals surface area (Å²) in [4.78, 5) is 13.6. The number of hydrogen-bond donors (Lipinski definition) is 0. The summed E-state index contributed by atoms with van der Waals surface area (Å²) in [5.74, 6) is -0.301. The molecule has 0 spiro atoms. The Bertz CT molecular complexity index is 545. The summed E-state index contributed by atoms with van der Waals surface area (Å²) in [6, 6.07) is 5.12. The highest BCUT2D eigenvalue weighted by Gasteiger charge is 2.30. The SMILES string of the molecule is CC(C)(C)OC(=O)N1CCC(OCc2cccc(Br)c2F)C1. The van der Waals surface area contributed by atoms with Gasteiger partial charge in [0.05, 0.1) is 23.7 Å². The third-order valence-corrected chi connectivity index (χ3v) is 3.92. The van der Waals surface area contributed by atoms with Crippen molar-refractivity contribution in [3.05, 3.63) is 34.1 Å².